The van der Waals surface area contributed by atoms with E-state index < -0.39 is 0 Å². The molecule has 7 nitrogen and oxygen atoms in total. The molecular formula is C18H31N5O2S. The number of aromatic nitrogens is 3. The van der Waals surface area contributed by atoms with Crippen LogP contribution in [0.5, 0.6) is 0 Å². The number of nitrogens with zero attached hydrogens (tertiary/aromatic N) is 4. The number of carbonyl (C=O) groups excluding carboxylic acids is 2. The Morgan fingerprint density at radius 2 is 1.96 bits per heavy atom. The molecule has 1 aliphatic rings. The summed E-state index contributed by atoms with van der Waals surface area (Å²) in [7, 11) is 1.90. The maximum Gasteiger partial charge on any atom is 0.223 e. The zero-order valence-corrected chi connectivity index (χ0v) is 17.0. The molecular weight excluding hydrogens is 350 g/mol. The number of amides is 2. The molecule has 2 heterocycles. The van der Waals surface area contributed by atoms with Gasteiger partial charge in [-0.3, -0.25) is 14.7 Å². The molecule has 1 unspecified atom stereocenters. The highest BCUT2D eigenvalue weighted by Gasteiger charge is 2.28. The number of hydrogen-bond donors (Lipinski definition) is 1. The van der Waals surface area contributed by atoms with Crippen LogP contribution in [-0.4, -0.2) is 62.6 Å². The number of likely N-dealkylation sites (tertiary alicyclic amines) is 1. The van der Waals surface area contributed by atoms with Crippen LogP contribution < -0.4 is 0 Å². The van der Waals surface area contributed by atoms with Gasteiger partial charge >= 0.3 is 0 Å². The fourth-order valence-corrected chi connectivity index (χ4v) is 3.71. The first-order valence-electron chi connectivity index (χ1n) is 9.64. The second-order valence-electron chi connectivity index (χ2n) is 7.01. The quantitative estimate of drug-likeness (QED) is 0.703. The number of piperidine rings is 1. The second-order valence-corrected chi connectivity index (χ2v) is 7.39. The molecule has 0 aliphatic carbocycles. The summed E-state index contributed by atoms with van der Waals surface area (Å²) in [5.41, 5.74) is 0. The topological polar surface area (TPSA) is 74.2 Å². The van der Waals surface area contributed by atoms with E-state index in [0.717, 1.165) is 51.1 Å². The van der Waals surface area contributed by atoms with Crippen LogP contribution in [0.2, 0.25) is 0 Å². The van der Waals surface area contributed by atoms with Crippen LogP contribution in [0.15, 0.2) is 0 Å². The van der Waals surface area contributed by atoms with Gasteiger partial charge < -0.3 is 14.4 Å². The molecule has 1 fully saturated rings. The maximum atomic E-state index is 12.6. The zero-order chi connectivity index (χ0) is 19.1. The maximum absolute atomic E-state index is 12.6. The second kappa shape index (κ2) is 9.85. The van der Waals surface area contributed by atoms with E-state index in [1.165, 1.54) is 0 Å². The smallest absolute Gasteiger partial charge is 0.223 e. The molecule has 146 valence electrons. The highest BCUT2D eigenvalue weighted by Crippen LogP contribution is 2.25. The minimum absolute atomic E-state index is 0.0628. The summed E-state index contributed by atoms with van der Waals surface area (Å²) in [5, 5.41) is 7.14. The van der Waals surface area contributed by atoms with Crippen molar-refractivity contribution in [3.63, 3.8) is 0 Å². The number of hydrogen-bond acceptors (Lipinski definition) is 4. The van der Waals surface area contributed by atoms with Gasteiger partial charge in [0.15, 0.2) is 4.77 Å². The minimum atomic E-state index is 0.0628. The van der Waals surface area contributed by atoms with Gasteiger partial charge in [0.05, 0.1) is 0 Å². The number of aromatic amines is 1. The molecule has 1 atom stereocenters. The van der Waals surface area contributed by atoms with Gasteiger partial charge in [-0.15, -0.1) is 0 Å². The molecule has 8 heteroatoms. The Labute approximate surface area is 160 Å². The summed E-state index contributed by atoms with van der Waals surface area (Å²) in [6.45, 7) is 7.08. The van der Waals surface area contributed by atoms with Gasteiger partial charge in [0.2, 0.25) is 11.8 Å². The van der Waals surface area contributed by atoms with Gasteiger partial charge in [-0.25, -0.2) is 0 Å². The van der Waals surface area contributed by atoms with Crippen molar-refractivity contribution in [2.45, 2.75) is 58.3 Å². The molecule has 1 aromatic rings. The third kappa shape index (κ3) is 5.16. The van der Waals surface area contributed by atoms with Crippen LogP contribution in [0, 0.1) is 4.77 Å². The zero-order valence-electron chi connectivity index (χ0n) is 16.2. The molecule has 0 aromatic carbocycles. The standard InChI is InChI=1S/C18H31N5O2S/c1-4-10-22(11-5-2)15(24)8-9-16(25)23-12-6-7-14(13-23)17-19-20-18(26)21(17)3/h14H,4-13H2,1-3H3,(H,20,26). The van der Waals surface area contributed by atoms with Crippen LogP contribution in [0.1, 0.15) is 64.1 Å². The molecule has 2 amide bonds. The predicted octanol–water partition coefficient (Wildman–Crippen LogP) is 2.61. The van der Waals surface area contributed by atoms with Crippen molar-refractivity contribution in [2.75, 3.05) is 26.2 Å². The van der Waals surface area contributed by atoms with Crippen molar-refractivity contribution < 1.29 is 9.59 Å². The molecule has 1 aliphatic heterocycles. The average molecular weight is 382 g/mol. The lowest BCUT2D eigenvalue weighted by Gasteiger charge is -2.32. The van der Waals surface area contributed by atoms with E-state index in [4.69, 9.17) is 12.2 Å². The monoisotopic (exact) mass is 381 g/mol. The highest BCUT2D eigenvalue weighted by atomic mass is 32.1. The molecule has 0 bridgehead atoms. The first kappa shape index (κ1) is 20.6. The van der Waals surface area contributed by atoms with Gasteiger partial charge in [-0.2, -0.15) is 5.10 Å². The lowest BCUT2D eigenvalue weighted by molar-refractivity contribution is -0.137. The summed E-state index contributed by atoms with van der Waals surface area (Å²) in [6, 6.07) is 0. The Hall–Kier alpha value is -1.70. The summed E-state index contributed by atoms with van der Waals surface area (Å²) >= 11 is 5.18. The van der Waals surface area contributed by atoms with Crippen LogP contribution in [0.4, 0.5) is 0 Å². The molecule has 0 radical (unpaired) electrons. The Morgan fingerprint density at radius 1 is 1.27 bits per heavy atom. The Morgan fingerprint density at radius 3 is 2.54 bits per heavy atom. The van der Waals surface area contributed by atoms with Crippen molar-refractivity contribution in [2.24, 2.45) is 7.05 Å². The highest BCUT2D eigenvalue weighted by molar-refractivity contribution is 7.71. The van der Waals surface area contributed by atoms with Crippen molar-refractivity contribution in [3.05, 3.63) is 10.6 Å². The third-order valence-corrected chi connectivity index (χ3v) is 5.31. The van der Waals surface area contributed by atoms with Crippen molar-refractivity contribution >= 4 is 24.0 Å². The van der Waals surface area contributed by atoms with Gasteiger partial charge in [-0.05, 0) is 37.9 Å². The predicted molar refractivity (Wildman–Crippen MR) is 103 cm³/mol. The average Bonchev–Trinajstić information content (AvgIpc) is 2.98. The lowest BCUT2D eigenvalue weighted by Crippen LogP contribution is -2.40. The van der Waals surface area contributed by atoms with Gasteiger partial charge in [0.1, 0.15) is 5.82 Å². The van der Waals surface area contributed by atoms with E-state index in [1.54, 1.807) is 0 Å². The summed E-state index contributed by atoms with van der Waals surface area (Å²) in [5.74, 6) is 1.25. The van der Waals surface area contributed by atoms with Gasteiger partial charge in [0, 0.05) is 52.0 Å². The molecule has 1 N–H and O–H groups in total. The summed E-state index contributed by atoms with van der Waals surface area (Å²) in [4.78, 5) is 28.7. The molecule has 26 heavy (non-hydrogen) atoms. The summed E-state index contributed by atoms with van der Waals surface area (Å²) < 4.78 is 2.48. The molecule has 1 aromatic heterocycles. The van der Waals surface area contributed by atoms with Crippen molar-refractivity contribution in [1.29, 1.82) is 0 Å². The first-order chi connectivity index (χ1) is 12.5. The number of rotatable bonds is 8. The van der Waals surface area contributed by atoms with Gasteiger partial charge in [0.25, 0.3) is 0 Å². The number of nitrogens with one attached hydrogen (secondary N) is 1. The molecule has 0 spiro atoms. The van der Waals surface area contributed by atoms with E-state index >= 15 is 0 Å². The van der Waals surface area contributed by atoms with Crippen LogP contribution in [0.3, 0.4) is 0 Å². The largest absolute Gasteiger partial charge is 0.343 e. The third-order valence-electron chi connectivity index (χ3n) is 4.95. The SMILES string of the molecule is CCCN(CCC)C(=O)CCC(=O)N1CCCC(c2n[nH]c(=S)n2C)C1. The minimum Gasteiger partial charge on any atom is -0.343 e. The normalized spacial score (nSPS) is 17.3. The number of H-pyrrole nitrogens is 1. The summed E-state index contributed by atoms with van der Waals surface area (Å²) in [6.07, 6.45) is 4.41. The van der Waals surface area contributed by atoms with Gasteiger partial charge in [-0.1, -0.05) is 13.8 Å². The first-order valence-corrected chi connectivity index (χ1v) is 10.1. The molecule has 2 rings (SSSR count). The van der Waals surface area contributed by atoms with E-state index in [1.807, 2.05) is 21.4 Å². The van der Waals surface area contributed by atoms with E-state index in [9.17, 15) is 9.59 Å². The number of carbonyl (C=O) groups is 2. The fourth-order valence-electron chi connectivity index (χ4n) is 3.57. The van der Waals surface area contributed by atoms with E-state index in [-0.39, 0.29) is 24.2 Å². The van der Waals surface area contributed by atoms with Crippen LogP contribution in [0.25, 0.3) is 0 Å². The fraction of sp³-hybridized carbons (Fsp3) is 0.778. The van der Waals surface area contributed by atoms with Crippen molar-refractivity contribution in [3.8, 4) is 0 Å². The van der Waals surface area contributed by atoms with E-state index in [2.05, 4.69) is 24.0 Å². The molecule has 0 saturated carbocycles. The van der Waals surface area contributed by atoms with Crippen molar-refractivity contribution in [1.82, 2.24) is 24.6 Å². The molecule has 1 saturated heterocycles. The Bertz CT molecular complexity index is 663. The van der Waals surface area contributed by atoms with Crippen LogP contribution >= 0.6 is 12.2 Å². The lowest BCUT2D eigenvalue weighted by atomic mass is 9.96. The Balaban J connectivity index is 1.89. The van der Waals surface area contributed by atoms with Crippen LogP contribution in [-0.2, 0) is 16.6 Å². The Kier molecular flexibility index (Phi) is 7.81. The van der Waals surface area contributed by atoms with E-state index in [0.29, 0.717) is 17.7 Å².